The maximum atomic E-state index is 11.8. The SMILES string of the molecule is COc1ccc(COC(=O)C[C@@H](NC(=O)OC(C)(C)C)C(=O)O)cc1. The molecule has 1 amide bonds. The third-order valence-electron chi connectivity index (χ3n) is 2.92. The zero-order valence-electron chi connectivity index (χ0n) is 14.7. The van der Waals surface area contributed by atoms with Crippen LogP contribution in [0.5, 0.6) is 5.75 Å². The van der Waals surface area contributed by atoms with E-state index in [1.165, 1.54) is 0 Å². The van der Waals surface area contributed by atoms with Gasteiger partial charge >= 0.3 is 18.0 Å². The molecule has 1 aromatic carbocycles. The maximum absolute atomic E-state index is 11.8. The number of benzene rings is 1. The van der Waals surface area contributed by atoms with Gasteiger partial charge in [-0.05, 0) is 38.5 Å². The van der Waals surface area contributed by atoms with Crippen LogP contribution in [0, 0.1) is 0 Å². The molecule has 0 saturated heterocycles. The topological polar surface area (TPSA) is 111 Å². The number of amides is 1. The lowest BCUT2D eigenvalue weighted by Crippen LogP contribution is -2.44. The molecule has 25 heavy (non-hydrogen) atoms. The Morgan fingerprint density at radius 1 is 1.16 bits per heavy atom. The number of carbonyl (C=O) groups excluding carboxylic acids is 2. The van der Waals surface area contributed by atoms with E-state index in [4.69, 9.17) is 19.3 Å². The van der Waals surface area contributed by atoms with E-state index < -0.39 is 36.1 Å². The molecule has 1 rings (SSSR count). The van der Waals surface area contributed by atoms with Gasteiger partial charge < -0.3 is 24.6 Å². The van der Waals surface area contributed by atoms with Crippen molar-refractivity contribution < 1.29 is 33.7 Å². The molecule has 0 radical (unpaired) electrons. The average Bonchev–Trinajstić information content (AvgIpc) is 2.51. The molecule has 138 valence electrons. The van der Waals surface area contributed by atoms with E-state index >= 15 is 0 Å². The van der Waals surface area contributed by atoms with Crippen LogP contribution in [0.1, 0.15) is 32.8 Å². The second-order valence-corrected chi connectivity index (χ2v) is 6.25. The lowest BCUT2D eigenvalue weighted by molar-refractivity contribution is -0.150. The Balaban J connectivity index is 2.52. The first-order valence-electron chi connectivity index (χ1n) is 7.61. The quantitative estimate of drug-likeness (QED) is 0.722. The van der Waals surface area contributed by atoms with E-state index in [1.807, 2.05) is 0 Å². The molecule has 8 heteroatoms. The van der Waals surface area contributed by atoms with E-state index in [2.05, 4.69) is 5.32 Å². The van der Waals surface area contributed by atoms with Crippen LogP contribution in [0.25, 0.3) is 0 Å². The lowest BCUT2D eigenvalue weighted by Gasteiger charge is -2.21. The van der Waals surface area contributed by atoms with E-state index in [0.717, 1.165) is 5.56 Å². The summed E-state index contributed by atoms with van der Waals surface area (Å²) >= 11 is 0. The number of hydrogen-bond donors (Lipinski definition) is 2. The standard InChI is InChI=1S/C17H23NO7/c1-17(2,3)25-16(22)18-13(15(20)21)9-14(19)24-10-11-5-7-12(23-4)8-6-11/h5-8,13H,9-10H2,1-4H3,(H,18,22)(H,20,21)/t13-/m1/s1. The summed E-state index contributed by atoms with van der Waals surface area (Å²) in [6.45, 7) is 4.92. The first-order chi connectivity index (χ1) is 11.6. The predicted molar refractivity (Wildman–Crippen MR) is 88.2 cm³/mol. The number of ether oxygens (including phenoxy) is 3. The molecule has 0 aromatic heterocycles. The van der Waals surface area contributed by atoms with Gasteiger partial charge in [0.05, 0.1) is 13.5 Å². The first kappa shape index (κ1) is 20.3. The molecule has 0 fully saturated rings. The molecule has 0 saturated carbocycles. The van der Waals surface area contributed by atoms with Crippen LogP contribution in [0.4, 0.5) is 4.79 Å². The highest BCUT2D eigenvalue weighted by Crippen LogP contribution is 2.12. The predicted octanol–water partition coefficient (Wildman–Crippen LogP) is 2.11. The fraction of sp³-hybridized carbons (Fsp3) is 0.471. The summed E-state index contributed by atoms with van der Waals surface area (Å²) in [6, 6.07) is 5.44. The van der Waals surface area contributed by atoms with Gasteiger partial charge in [-0.15, -0.1) is 0 Å². The van der Waals surface area contributed by atoms with Gasteiger partial charge in [-0.1, -0.05) is 12.1 Å². The molecule has 1 aromatic rings. The number of alkyl carbamates (subject to hydrolysis) is 1. The molecule has 0 spiro atoms. The summed E-state index contributed by atoms with van der Waals surface area (Å²) in [6.07, 6.45) is -1.42. The highest BCUT2D eigenvalue weighted by atomic mass is 16.6. The average molecular weight is 353 g/mol. The third kappa shape index (κ3) is 8.05. The van der Waals surface area contributed by atoms with E-state index in [1.54, 1.807) is 52.1 Å². The van der Waals surface area contributed by atoms with Crippen LogP contribution in [0.2, 0.25) is 0 Å². The summed E-state index contributed by atoms with van der Waals surface area (Å²) in [5, 5.41) is 11.3. The summed E-state index contributed by atoms with van der Waals surface area (Å²) in [5.74, 6) is -1.44. The van der Waals surface area contributed by atoms with E-state index in [0.29, 0.717) is 5.75 Å². The summed E-state index contributed by atoms with van der Waals surface area (Å²) in [4.78, 5) is 34.6. The summed E-state index contributed by atoms with van der Waals surface area (Å²) in [7, 11) is 1.54. The van der Waals surface area contributed by atoms with Crippen molar-refractivity contribution in [2.24, 2.45) is 0 Å². The molecule has 0 aliphatic heterocycles. The van der Waals surface area contributed by atoms with Crippen LogP contribution in [-0.2, 0) is 25.7 Å². The van der Waals surface area contributed by atoms with Crippen molar-refractivity contribution in [3.63, 3.8) is 0 Å². The monoisotopic (exact) mass is 353 g/mol. The molecule has 1 atom stereocenters. The van der Waals surface area contributed by atoms with Gasteiger partial charge in [0.1, 0.15) is 24.0 Å². The molecule has 2 N–H and O–H groups in total. The highest BCUT2D eigenvalue weighted by Gasteiger charge is 2.26. The Morgan fingerprint density at radius 2 is 1.76 bits per heavy atom. The Morgan fingerprint density at radius 3 is 2.24 bits per heavy atom. The Labute approximate surface area is 146 Å². The minimum Gasteiger partial charge on any atom is -0.497 e. The van der Waals surface area contributed by atoms with Crippen molar-refractivity contribution >= 4 is 18.0 Å². The number of carbonyl (C=O) groups is 3. The minimum absolute atomic E-state index is 0.0123. The Kier molecular flexibility index (Phi) is 7.22. The van der Waals surface area contributed by atoms with Gasteiger partial charge in [-0.2, -0.15) is 0 Å². The molecule has 0 unspecified atom stereocenters. The van der Waals surface area contributed by atoms with Gasteiger partial charge in [-0.3, -0.25) is 4.79 Å². The number of carboxylic acids is 1. The number of nitrogens with one attached hydrogen (secondary N) is 1. The number of hydrogen-bond acceptors (Lipinski definition) is 6. The highest BCUT2D eigenvalue weighted by molar-refractivity contribution is 5.85. The largest absolute Gasteiger partial charge is 0.497 e. The summed E-state index contributed by atoms with van der Waals surface area (Å²) in [5.41, 5.74) is -0.0525. The van der Waals surface area contributed by atoms with Crippen molar-refractivity contribution in [2.75, 3.05) is 7.11 Å². The molecule has 0 aliphatic carbocycles. The number of methoxy groups -OCH3 is 1. The minimum atomic E-state index is -1.43. The molecular formula is C17H23NO7. The zero-order valence-corrected chi connectivity index (χ0v) is 14.7. The van der Waals surface area contributed by atoms with E-state index in [9.17, 15) is 14.4 Å². The molecule has 8 nitrogen and oxygen atoms in total. The van der Waals surface area contributed by atoms with Crippen molar-refractivity contribution in [3.05, 3.63) is 29.8 Å². The van der Waals surface area contributed by atoms with Gasteiger partial charge in [0.15, 0.2) is 0 Å². The lowest BCUT2D eigenvalue weighted by atomic mass is 10.2. The van der Waals surface area contributed by atoms with Gasteiger partial charge in [0.25, 0.3) is 0 Å². The summed E-state index contributed by atoms with van der Waals surface area (Å²) < 4.78 is 15.0. The van der Waals surface area contributed by atoms with Gasteiger partial charge in [0, 0.05) is 0 Å². The van der Waals surface area contributed by atoms with Crippen LogP contribution in [0.3, 0.4) is 0 Å². The zero-order chi connectivity index (χ0) is 19.0. The molecule has 0 heterocycles. The second kappa shape index (κ2) is 8.91. The molecule has 0 aliphatic rings. The van der Waals surface area contributed by atoms with Crippen LogP contribution < -0.4 is 10.1 Å². The molecular weight excluding hydrogens is 330 g/mol. The normalized spacial score (nSPS) is 12.0. The Hall–Kier alpha value is -2.77. The molecule has 0 bridgehead atoms. The maximum Gasteiger partial charge on any atom is 0.408 e. The Bertz CT molecular complexity index is 604. The smallest absolute Gasteiger partial charge is 0.408 e. The number of rotatable bonds is 7. The number of aliphatic carboxylic acids is 1. The number of esters is 1. The van der Waals surface area contributed by atoms with Gasteiger partial charge in [0.2, 0.25) is 0 Å². The van der Waals surface area contributed by atoms with Crippen LogP contribution in [-0.4, -0.2) is 41.9 Å². The van der Waals surface area contributed by atoms with E-state index in [-0.39, 0.29) is 6.61 Å². The van der Waals surface area contributed by atoms with Crippen LogP contribution >= 0.6 is 0 Å². The van der Waals surface area contributed by atoms with Crippen LogP contribution in [0.15, 0.2) is 24.3 Å². The fourth-order valence-electron chi connectivity index (χ4n) is 1.76. The van der Waals surface area contributed by atoms with Crippen molar-refractivity contribution in [2.45, 2.75) is 45.4 Å². The van der Waals surface area contributed by atoms with Crippen molar-refractivity contribution in [3.8, 4) is 5.75 Å². The van der Waals surface area contributed by atoms with Crippen molar-refractivity contribution in [1.29, 1.82) is 0 Å². The first-order valence-corrected chi connectivity index (χ1v) is 7.61. The van der Waals surface area contributed by atoms with Crippen molar-refractivity contribution in [1.82, 2.24) is 5.32 Å². The second-order valence-electron chi connectivity index (χ2n) is 6.25. The third-order valence-corrected chi connectivity index (χ3v) is 2.92. The van der Waals surface area contributed by atoms with Gasteiger partial charge in [-0.25, -0.2) is 9.59 Å². The number of carboxylic acid groups (broad SMARTS) is 1. The fourth-order valence-corrected chi connectivity index (χ4v) is 1.76.